The van der Waals surface area contributed by atoms with Crippen LogP contribution in [0.1, 0.15) is 24.2 Å². The van der Waals surface area contributed by atoms with Gasteiger partial charge < -0.3 is 10.4 Å². The number of anilines is 1. The van der Waals surface area contributed by atoms with Crippen LogP contribution in [-0.2, 0) is 0 Å². The van der Waals surface area contributed by atoms with Gasteiger partial charge in [0.25, 0.3) is 0 Å². The summed E-state index contributed by atoms with van der Waals surface area (Å²) >= 11 is 5.79. The minimum absolute atomic E-state index is 0.128. The summed E-state index contributed by atoms with van der Waals surface area (Å²) in [4.78, 5) is 10.9. The molecule has 1 rings (SSSR count). The number of rotatable bonds is 3. The molecule has 0 spiro atoms. The zero-order valence-corrected chi connectivity index (χ0v) is 8.80. The maximum absolute atomic E-state index is 10.9. The summed E-state index contributed by atoms with van der Waals surface area (Å²) in [5.41, 5.74) is 0.683. The fourth-order valence-electron chi connectivity index (χ4n) is 1.17. The Labute approximate surface area is 87.7 Å². The van der Waals surface area contributed by atoms with E-state index in [1.165, 1.54) is 0 Å². The first kappa shape index (κ1) is 10.9. The maximum Gasteiger partial charge on any atom is 0.339 e. The van der Waals surface area contributed by atoms with Crippen molar-refractivity contribution in [2.24, 2.45) is 0 Å². The van der Waals surface area contributed by atoms with E-state index in [0.29, 0.717) is 5.69 Å². The molecule has 1 aromatic rings. The van der Waals surface area contributed by atoms with E-state index in [4.69, 9.17) is 16.7 Å². The molecule has 2 N–H and O–H groups in total. The Bertz CT molecular complexity index is 350. The molecule has 14 heavy (non-hydrogen) atoms. The number of carbonyl (C=O) groups is 1. The predicted molar refractivity (Wildman–Crippen MR) is 57.2 cm³/mol. The number of hydrogen-bond donors (Lipinski definition) is 2. The normalized spacial score (nSPS) is 10.3. The van der Waals surface area contributed by atoms with Crippen molar-refractivity contribution < 1.29 is 9.90 Å². The molecule has 3 nitrogen and oxygen atoms in total. The molecule has 76 valence electrons. The Morgan fingerprint density at radius 2 is 2.14 bits per heavy atom. The topological polar surface area (TPSA) is 49.3 Å². The van der Waals surface area contributed by atoms with E-state index >= 15 is 0 Å². The van der Waals surface area contributed by atoms with Gasteiger partial charge in [0.2, 0.25) is 0 Å². The van der Waals surface area contributed by atoms with Crippen LogP contribution in [0.25, 0.3) is 0 Å². The summed E-state index contributed by atoms with van der Waals surface area (Å²) in [6, 6.07) is 5.16. The zero-order chi connectivity index (χ0) is 10.7. The van der Waals surface area contributed by atoms with Crippen LogP contribution in [0.15, 0.2) is 18.2 Å². The van der Waals surface area contributed by atoms with Crippen LogP contribution in [0.5, 0.6) is 0 Å². The zero-order valence-electron chi connectivity index (χ0n) is 8.04. The molecule has 0 atom stereocenters. The van der Waals surface area contributed by atoms with Crippen molar-refractivity contribution >= 4 is 23.3 Å². The number of aromatic carboxylic acids is 1. The number of hydrogen-bond acceptors (Lipinski definition) is 2. The highest BCUT2D eigenvalue weighted by atomic mass is 35.5. The Kier molecular flexibility index (Phi) is 3.36. The lowest BCUT2D eigenvalue weighted by Crippen LogP contribution is -2.13. The van der Waals surface area contributed by atoms with Crippen molar-refractivity contribution in [1.29, 1.82) is 0 Å². The van der Waals surface area contributed by atoms with Gasteiger partial charge in [-0.25, -0.2) is 4.79 Å². The van der Waals surface area contributed by atoms with E-state index in [1.807, 2.05) is 13.8 Å². The Morgan fingerprint density at radius 1 is 1.50 bits per heavy atom. The third kappa shape index (κ3) is 2.39. The number of carboxylic acid groups (broad SMARTS) is 1. The Hall–Kier alpha value is -1.22. The molecule has 0 aliphatic carbocycles. The first-order valence-electron chi connectivity index (χ1n) is 4.30. The summed E-state index contributed by atoms with van der Waals surface area (Å²) in [5.74, 6) is -1.02. The van der Waals surface area contributed by atoms with Crippen molar-refractivity contribution in [3.8, 4) is 0 Å². The number of halogens is 1. The molecule has 0 aliphatic heterocycles. The Balaban J connectivity index is 3.14. The summed E-state index contributed by atoms with van der Waals surface area (Å²) in [6.45, 7) is 3.87. The van der Waals surface area contributed by atoms with Crippen LogP contribution in [-0.4, -0.2) is 17.1 Å². The van der Waals surface area contributed by atoms with E-state index in [2.05, 4.69) is 5.32 Å². The average molecular weight is 214 g/mol. The fraction of sp³-hybridized carbons (Fsp3) is 0.300. The van der Waals surface area contributed by atoms with E-state index in [9.17, 15) is 4.79 Å². The van der Waals surface area contributed by atoms with Gasteiger partial charge in [-0.05, 0) is 26.0 Å². The highest BCUT2D eigenvalue weighted by Gasteiger charge is 2.14. The molecule has 0 aromatic heterocycles. The second kappa shape index (κ2) is 4.33. The lowest BCUT2D eigenvalue weighted by atomic mass is 10.1. The smallest absolute Gasteiger partial charge is 0.339 e. The number of carboxylic acids is 1. The molecule has 0 heterocycles. The predicted octanol–water partition coefficient (Wildman–Crippen LogP) is 2.86. The molecule has 0 radical (unpaired) electrons. The second-order valence-corrected chi connectivity index (χ2v) is 3.67. The molecule has 0 fully saturated rings. The maximum atomic E-state index is 10.9. The van der Waals surface area contributed by atoms with Gasteiger partial charge in [-0.15, -0.1) is 0 Å². The van der Waals surface area contributed by atoms with Crippen LogP contribution in [0.2, 0.25) is 5.02 Å². The van der Waals surface area contributed by atoms with Crippen molar-refractivity contribution in [2.75, 3.05) is 5.32 Å². The van der Waals surface area contributed by atoms with Crippen LogP contribution in [0.4, 0.5) is 5.69 Å². The molecular weight excluding hydrogens is 202 g/mol. The largest absolute Gasteiger partial charge is 0.478 e. The molecule has 0 saturated carbocycles. The Morgan fingerprint density at radius 3 is 2.64 bits per heavy atom. The van der Waals surface area contributed by atoms with Gasteiger partial charge in [0.1, 0.15) is 5.56 Å². The van der Waals surface area contributed by atoms with Crippen LogP contribution in [0.3, 0.4) is 0 Å². The molecule has 0 aliphatic rings. The minimum atomic E-state index is -1.02. The summed E-state index contributed by atoms with van der Waals surface area (Å²) in [7, 11) is 0. The van der Waals surface area contributed by atoms with Crippen LogP contribution in [0, 0.1) is 0 Å². The molecule has 1 aromatic carbocycles. The van der Waals surface area contributed by atoms with Crippen molar-refractivity contribution in [3.63, 3.8) is 0 Å². The summed E-state index contributed by atoms with van der Waals surface area (Å²) < 4.78 is 0. The van der Waals surface area contributed by atoms with E-state index in [0.717, 1.165) is 0 Å². The second-order valence-electron chi connectivity index (χ2n) is 3.27. The molecule has 0 unspecified atom stereocenters. The minimum Gasteiger partial charge on any atom is -0.478 e. The number of benzene rings is 1. The van der Waals surface area contributed by atoms with Gasteiger partial charge in [-0.2, -0.15) is 0 Å². The summed E-state index contributed by atoms with van der Waals surface area (Å²) in [6.07, 6.45) is 0. The van der Waals surface area contributed by atoms with Crippen LogP contribution >= 0.6 is 11.6 Å². The first-order chi connectivity index (χ1) is 6.52. The monoisotopic (exact) mass is 213 g/mol. The van der Waals surface area contributed by atoms with E-state index in [-0.39, 0.29) is 16.6 Å². The third-order valence-corrected chi connectivity index (χ3v) is 1.99. The van der Waals surface area contributed by atoms with Crippen molar-refractivity contribution in [3.05, 3.63) is 28.8 Å². The molecule has 0 bridgehead atoms. The SMILES string of the molecule is CC(C)Nc1cccc(Cl)c1C(=O)O. The first-order valence-corrected chi connectivity index (χ1v) is 4.68. The third-order valence-electron chi connectivity index (χ3n) is 1.67. The van der Waals surface area contributed by atoms with Gasteiger partial charge in [0.15, 0.2) is 0 Å². The lowest BCUT2D eigenvalue weighted by molar-refractivity contribution is 0.0698. The van der Waals surface area contributed by atoms with Crippen LogP contribution < -0.4 is 5.32 Å². The van der Waals surface area contributed by atoms with E-state index < -0.39 is 5.97 Å². The van der Waals surface area contributed by atoms with Gasteiger partial charge in [-0.1, -0.05) is 17.7 Å². The van der Waals surface area contributed by atoms with Gasteiger partial charge in [0.05, 0.1) is 10.7 Å². The summed E-state index contributed by atoms with van der Waals surface area (Å²) in [5, 5.41) is 12.2. The quantitative estimate of drug-likeness (QED) is 0.812. The molecule has 0 saturated heterocycles. The van der Waals surface area contributed by atoms with Gasteiger partial charge in [-0.3, -0.25) is 0 Å². The number of nitrogens with one attached hydrogen (secondary N) is 1. The molecule has 4 heteroatoms. The molecular formula is C10H12ClNO2. The fourth-order valence-corrected chi connectivity index (χ4v) is 1.43. The highest BCUT2D eigenvalue weighted by Crippen LogP contribution is 2.24. The van der Waals surface area contributed by atoms with Gasteiger partial charge >= 0.3 is 5.97 Å². The average Bonchev–Trinajstić information content (AvgIpc) is 2.01. The highest BCUT2D eigenvalue weighted by molar-refractivity contribution is 6.34. The lowest BCUT2D eigenvalue weighted by Gasteiger charge is -2.13. The van der Waals surface area contributed by atoms with Crippen molar-refractivity contribution in [1.82, 2.24) is 0 Å². The van der Waals surface area contributed by atoms with Crippen molar-refractivity contribution in [2.45, 2.75) is 19.9 Å². The molecule has 0 amide bonds. The van der Waals surface area contributed by atoms with Gasteiger partial charge in [0, 0.05) is 6.04 Å². The van der Waals surface area contributed by atoms with E-state index in [1.54, 1.807) is 18.2 Å². The standard InChI is InChI=1S/C10H12ClNO2/c1-6(2)12-8-5-3-4-7(11)9(8)10(13)14/h3-6,12H,1-2H3,(H,13,14).